The normalized spacial score (nSPS) is 12.0. The lowest BCUT2D eigenvalue weighted by atomic mass is 9.96. The van der Waals surface area contributed by atoms with Gasteiger partial charge in [0.15, 0.2) is 0 Å². The van der Waals surface area contributed by atoms with Gasteiger partial charge >= 0.3 is 0 Å². The van der Waals surface area contributed by atoms with E-state index in [1.165, 1.54) is 18.2 Å². The van der Waals surface area contributed by atoms with Crippen molar-refractivity contribution in [1.82, 2.24) is 10.2 Å². The van der Waals surface area contributed by atoms with Gasteiger partial charge in [-0.15, -0.1) is 10.2 Å². The van der Waals surface area contributed by atoms with E-state index in [1.807, 2.05) is 0 Å². The molecule has 1 heterocycles. The molecule has 10 heteroatoms. The Labute approximate surface area is 137 Å². The maximum absolute atomic E-state index is 13.1. The summed E-state index contributed by atoms with van der Waals surface area (Å²) in [5.41, 5.74) is -0.578. The number of nitrogens with zero attached hydrogens (tertiary/aromatic N) is 2. The second-order valence-electron chi connectivity index (χ2n) is 5.69. The molecule has 1 aromatic carbocycles. The van der Waals surface area contributed by atoms with E-state index in [9.17, 15) is 17.6 Å². The van der Waals surface area contributed by atoms with Gasteiger partial charge in [-0.05, 0) is 18.2 Å². The number of hydrogen-bond acceptors (Lipinski definition) is 6. The fourth-order valence-electron chi connectivity index (χ4n) is 1.40. The molecular weight excluding hydrogens is 343 g/mol. The molecule has 2 N–H and O–H groups in total. The van der Waals surface area contributed by atoms with Gasteiger partial charge in [-0.2, -0.15) is 8.42 Å². The lowest BCUT2D eigenvalue weighted by molar-refractivity contribution is -0.123. The second-order valence-corrected chi connectivity index (χ2v) is 8.53. The molecule has 0 aliphatic rings. The average Bonchev–Trinajstić information content (AvgIpc) is 2.86. The summed E-state index contributed by atoms with van der Waals surface area (Å²) in [5, 5.41) is 9.76. The Kier molecular flexibility index (Phi) is 4.66. The maximum atomic E-state index is 13.1. The Morgan fingerprint density at radius 1 is 1.26 bits per heavy atom. The van der Waals surface area contributed by atoms with Crippen LogP contribution >= 0.6 is 11.3 Å². The topological polar surface area (TPSA) is 101 Å². The van der Waals surface area contributed by atoms with E-state index in [4.69, 9.17) is 0 Å². The minimum atomic E-state index is -4.00. The maximum Gasteiger partial charge on any atom is 0.291 e. The minimum Gasteiger partial charge on any atom is -0.300 e. The first kappa shape index (κ1) is 17.3. The number of carbonyl (C=O) groups is 1. The van der Waals surface area contributed by atoms with Crippen LogP contribution in [-0.2, 0) is 14.8 Å². The molecule has 0 fully saturated rings. The van der Waals surface area contributed by atoms with Crippen molar-refractivity contribution in [2.45, 2.75) is 25.1 Å². The third kappa shape index (κ3) is 4.45. The number of nitrogens with one attached hydrogen (secondary N) is 2. The van der Waals surface area contributed by atoms with E-state index in [0.717, 1.165) is 6.07 Å². The van der Waals surface area contributed by atoms with Gasteiger partial charge in [-0.1, -0.05) is 38.2 Å². The summed E-state index contributed by atoms with van der Waals surface area (Å²) in [7, 11) is -4.00. The largest absolute Gasteiger partial charge is 0.300 e. The van der Waals surface area contributed by atoms with Crippen molar-refractivity contribution in [2.24, 2.45) is 5.41 Å². The molecule has 2 aromatic rings. The first-order chi connectivity index (χ1) is 10.6. The number of hydrogen-bond donors (Lipinski definition) is 2. The fourth-order valence-corrected chi connectivity index (χ4v) is 3.35. The number of halogens is 1. The first-order valence-electron chi connectivity index (χ1n) is 6.51. The first-order valence-corrected chi connectivity index (χ1v) is 8.81. The van der Waals surface area contributed by atoms with Crippen molar-refractivity contribution in [3.05, 3.63) is 30.1 Å². The number of rotatable bonds is 4. The summed E-state index contributed by atoms with van der Waals surface area (Å²) >= 11 is 0.709. The highest BCUT2D eigenvalue weighted by Crippen LogP contribution is 2.24. The van der Waals surface area contributed by atoms with Gasteiger partial charge in [0.1, 0.15) is 5.82 Å². The van der Waals surface area contributed by atoms with Crippen LogP contribution in [0.5, 0.6) is 0 Å². The number of aromatic nitrogens is 2. The van der Waals surface area contributed by atoms with Gasteiger partial charge < -0.3 is 5.32 Å². The van der Waals surface area contributed by atoms with Crippen LogP contribution in [0, 0.1) is 11.2 Å². The summed E-state index contributed by atoms with van der Waals surface area (Å²) in [5.74, 6) is -0.878. The highest BCUT2D eigenvalue weighted by atomic mass is 32.2. The minimum absolute atomic E-state index is 0.0699. The van der Waals surface area contributed by atoms with Crippen LogP contribution in [-0.4, -0.2) is 24.5 Å². The zero-order valence-corrected chi connectivity index (χ0v) is 14.3. The smallest absolute Gasteiger partial charge is 0.291 e. The summed E-state index contributed by atoms with van der Waals surface area (Å²) in [6.07, 6.45) is 0. The molecule has 7 nitrogen and oxygen atoms in total. The van der Waals surface area contributed by atoms with Gasteiger partial charge in [-0.3, -0.25) is 9.52 Å². The van der Waals surface area contributed by atoms with E-state index in [-0.39, 0.29) is 21.1 Å². The van der Waals surface area contributed by atoms with Crippen LogP contribution in [0.1, 0.15) is 20.8 Å². The van der Waals surface area contributed by atoms with Crippen LogP contribution in [0.2, 0.25) is 0 Å². The molecular formula is C13H15FN4O3S2. The molecule has 1 aromatic heterocycles. The van der Waals surface area contributed by atoms with E-state index in [1.54, 1.807) is 20.8 Å². The van der Waals surface area contributed by atoms with Crippen molar-refractivity contribution in [1.29, 1.82) is 0 Å². The Hall–Kier alpha value is -2.07. The summed E-state index contributed by atoms with van der Waals surface area (Å²) in [6.45, 7) is 5.14. The van der Waals surface area contributed by atoms with Crippen LogP contribution in [0.25, 0.3) is 0 Å². The van der Waals surface area contributed by atoms with Crippen LogP contribution in [0.4, 0.5) is 15.2 Å². The third-order valence-electron chi connectivity index (χ3n) is 2.61. The Morgan fingerprint density at radius 3 is 2.57 bits per heavy atom. The molecule has 0 aliphatic heterocycles. The van der Waals surface area contributed by atoms with E-state index in [0.29, 0.717) is 11.3 Å². The Balaban J connectivity index is 2.17. The molecule has 0 atom stereocenters. The number of benzene rings is 1. The van der Waals surface area contributed by atoms with Crippen molar-refractivity contribution in [2.75, 3.05) is 10.0 Å². The van der Waals surface area contributed by atoms with Gasteiger partial charge in [0.2, 0.25) is 11.0 Å². The number of sulfonamides is 1. The quantitative estimate of drug-likeness (QED) is 0.818. The van der Waals surface area contributed by atoms with Crippen LogP contribution in [0.15, 0.2) is 28.6 Å². The lowest BCUT2D eigenvalue weighted by Crippen LogP contribution is -2.27. The molecule has 124 valence electrons. The monoisotopic (exact) mass is 358 g/mol. The molecule has 1 amide bonds. The van der Waals surface area contributed by atoms with E-state index in [2.05, 4.69) is 20.2 Å². The standard InChI is InChI=1S/C13H15FN4O3S2/c1-13(2,3)10(19)15-11-16-17-12(22-11)23(20,21)18-9-6-4-5-8(14)7-9/h4-7,18H,1-3H3,(H,15,16,19). The summed E-state index contributed by atoms with van der Waals surface area (Å²) < 4.78 is 39.3. The molecule has 0 saturated heterocycles. The molecule has 0 unspecified atom stereocenters. The third-order valence-corrected chi connectivity index (χ3v) is 5.20. The summed E-state index contributed by atoms with van der Waals surface area (Å²) in [4.78, 5) is 11.8. The fraction of sp³-hybridized carbons (Fsp3) is 0.308. The molecule has 0 radical (unpaired) electrons. The summed E-state index contributed by atoms with van der Waals surface area (Å²) in [6, 6.07) is 5.02. The van der Waals surface area contributed by atoms with Crippen molar-refractivity contribution in [3.63, 3.8) is 0 Å². The molecule has 0 spiro atoms. The molecule has 0 bridgehead atoms. The highest BCUT2D eigenvalue weighted by Gasteiger charge is 2.25. The predicted molar refractivity (Wildman–Crippen MR) is 85.2 cm³/mol. The highest BCUT2D eigenvalue weighted by molar-refractivity contribution is 7.94. The molecule has 2 rings (SSSR count). The lowest BCUT2D eigenvalue weighted by Gasteiger charge is -2.15. The van der Waals surface area contributed by atoms with Gasteiger partial charge in [-0.25, -0.2) is 4.39 Å². The van der Waals surface area contributed by atoms with Crippen LogP contribution in [0.3, 0.4) is 0 Å². The zero-order valence-electron chi connectivity index (χ0n) is 12.6. The zero-order chi connectivity index (χ0) is 17.3. The van der Waals surface area contributed by atoms with Gasteiger partial charge in [0, 0.05) is 5.41 Å². The predicted octanol–water partition coefficient (Wildman–Crippen LogP) is 2.46. The average molecular weight is 358 g/mol. The SMILES string of the molecule is CC(C)(C)C(=O)Nc1nnc(S(=O)(=O)Nc2cccc(F)c2)s1. The molecule has 0 aliphatic carbocycles. The molecule has 0 saturated carbocycles. The van der Waals surface area contributed by atoms with Crippen molar-refractivity contribution < 1.29 is 17.6 Å². The Morgan fingerprint density at radius 2 is 1.96 bits per heavy atom. The van der Waals surface area contributed by atoms with Crippen LogP contribution < -0.4 is 10.0 Å². The second kappa shape index (κ2) is 6.20. The number of carbonyl (C=O) groups excluding carboxylic acids is 1. The Bertz CT molecular complexity index is 828. The van der Waals surface area contributed by atoms with E-state index < -0.39 is 21.3 Å². The van der Waals surface area contributed by atoms with Crippen molar-refractivity contribution in [3.8, 4) is 0 Å². The van der Waals surface area contributed by atoms with E-state index >= 15 is 0 Å². The number of anilines is 2. The van der Waals surface area contributed by atoms with Gasteiger partial charge in [0.25, 0.3) is 14.4 Å². The van der Waals surface area contributed by atoms with Crippen molar-refractivity contribution >= 4 is 38.1 Å². The number of amides is 1. The molecule has 23 heavy (non-hydrogen) atoms. The van der Waals surface area contributed by atoms with Gasteiger partial charge in [0.05, 0.1) is 5.69 Å².